The van der Waals surface area contributed by atoms with E-state index in [4.69, 9.17) is 17.3 Å². The van der Waals surface area contributed by atoms with Crippen molar-refractivity contribution in [3.63, 3.8) is 0 Å². The Kier molecular flexibility index (Phi) is 7.65. The highest BCUT2D eigenvalue weighted by molar-refractivity contribution is 6.33. The fourth-order valence-electron chi connectivity index (χ4n) is 5.39. The lowest BCUT2D eigenvalue weighted by Crippen LogP contribution is -2.44. The summed E-state index contributed by atoms with van der Waals surface area (Å²) in [5.41, 5.74) is 8.53. The highest BCUT2D eigenvalue weighted by Gasteiger charge is 2.40. The van der Waals surface area contributed by atoms with Crippen molar-refractivity contribution >= 4 is 40.0 Å². The van der Waals surface area contributed by atoms with Crippen LogP contribution in [0.1, 0.15) is 18.3 Å². The van der Waals surface area contributed by atoms with E-state index in [0.29, 0.717) is 21.5 Å². The van der Waals surface area contributed by atoms with Crippen molar-refractivity contribution in [2.45, 2.75) is 31.4 Å². The van der Waals surface area contributed by atoms with Crippen LogP contribution in [0.3, 0.4) is 0 Å². The number of H-pyrrole nitrogens is 1. The smallest absolute Gasteiger partial charge is 0.247 e. The second-order valence-electron chi connectivity index (χ2n) is 10.2. The van der Waals surface area contributed by atoms with E-state index in [-0.39, 0.29) is 36.5 Å². The fourth-order valence-corrected chi connectivity index (χ4v) is 5.63. The van der Waals surface area contributed by atoms with E-state index >= 15 is 4.39 Å². The van der Waals surface area contributed by atoms with E-state index in [0.717, 1.165) is 16.0 Å². The van der Waals surface area contributed by atoms with Gasteiger partial charge in [-0.05, 0) is 29.8 Å². The molecule has 6 rings (SSSR count). The van der Waals surface area contributed by atoms with Gasteiger partial charge >= 0.3 is 0 Å². The summed E-state index contributed by atoms with van der Waals surface area (Å²) >= 11 is 6.24. The van der Waals surface area contributed by atoms with E-state index in [1.165, 1.54) is 16.8 Å². The van der Waals surface area contributed by atoms with Crippen LogP contribution >= 0.6 is 11.6 Å². The zero-order valence-corrected chi connectivity index (χ0v) is 23.3. The Morgan fingerprint density at radius 2 is 1.93 bits per heavy atom. The topological polar surface area (TPSA) is 142 Å². The molecule has 0 saturated carbocycles. The van der Waals surface area contributed by atoms with Crippen molar-refractivity contribution in [2.24, 2.45) is 5.73 Å². The number of carbonyl (C=O) groups excluding carboxylic acids is 2. The van der Waals surface area contributed by atoms with E-state index in [1.54, 1.807) is 60.9 Å². The third-order valence-corrected chi connectivity index (χ3v) is 7.80. The Bertz CT molecular complexity index is 1830. The van der Waals surface area contributed by atoms with E-state index < -0.39 is 36.1 Å². The molecule has 2 amide bonds. The van der Waals surface area contributed by atoms with E-state index in [9.17, 15) is 19.1 Å². The number of anilines is 1. The number of halogens is 3. The third-order valence-electron chi connectivity index (χ3n) is 7.47. The highest BCUT2D eigenvalue weighted by atomic mass is 35.5. The molecule has 0 radical (unpaired) electrons. The molecule has 3 heterocycles. The van der Waals surface area contributed by atoms with Crippen molar-refractivity contribution in [1.82, 2.24) is 24.9 Å². The molecule has 0 aliphatic carbocycles. The van der Waals surface area contributed by atoms with Crippen molar-refractivity contribution in [3.8, 4) is 22.3 Å². The molecule has 10 nitrogen and oxygen atoms in total. The molecule has 1 saturated heterocycles. The molecule has 1 aliphatic heterocycles. The summed E-state index contributed by atoms with van der Waals surface area (Å²) in [7, 11) is 0. The van der Waals surface area contributed by atoms with Crippen LogP contribution in [0.25, 0.3) is 33.2 Å². The predicted molar refractivity (Wildman–Crippen MR) is 157 cm³/mol. The van der Waals surface area contributed by atoms with Crippen molar-refractivity contribution in [1.29, 1.82) is 0 Å². The number of aliphatic hydroxyl groups excluding tert-OH is 1. The standard InChI is InChI=1S/C30H26ClF2N7O3/c31-22-6-2-1-4-19(22)20-5-3-7-23(27(20)33)37-30(43)25-11-18(32)14-39(25)26(41)15-40-24-9-8-16(17-12-35-36-13-17)10-21(24)28(38-40)29(34)42/h1-10,12-13,18,25,29,42H,11,14-15,34H2,(H,35,36)(H,37,43)/t18-,25+,29?/m1/s1. The first kappa shape index (κ1) is 28.5. The zero-order valence-electron chi connectivity index (χ0n) is 22.5. The second kappa shape index (κ2) is 11.6. The molecule has 3 atom stereocenters. The summed E-state index contributed by atoms with van der Waals surface area (Å²) in [4.78, 5) is 27.9. The predicted octanol–water partition coefficient (Wildman–Crippen LogP) is 4.41. The molecule has 2 aromatic heterocycles. The Morgan fingerprint density at radius 1 is 1.14 bits per heavy atom. The number of nitrogens with one attached hydrogen (secondary N) is 2. The summed E-state index contributed by atoms with van der Waals surface area (Å²) in [6.07, 6.45) is 0.226. The number of carbonyl (C=O) groups is 2. The number of likely N-dealkylation sites (tertiary alicyclic amines) is 1. The highest BCUT2D eigenvalue weighted by Crippen LogP contribution is 2.33. The molecule has 220 valence electrons. The summed E-state index contributed by atoms with van der Waals surface area (Å²) in [6, 6.07) is 15.3. The van der Waals surface area contributed by atoms with Crippen molar-refractivity contribution < 1.29 is 23.5 Å². The van der Waals surface area contributed by atoms with E-state index in [1.807, 2.05) is 0 Å². The van der Waals surface area contributed by atoms with Crippen LogP contribution in [0.5, 0.6) is 0 Å². The van der Waals surface area contributed by atoms with Gasteiger partial charge in [-0.15, -0.1) is 0 Å². The number of hydrogen-bond acceptors (Lipinski definition) is 6. The largest absolute Gasteiger partial charge is 0.373 e. The number of fused-ring (bicyclic) bond motifs is 1. The van der Waals surface area contributed by atoms with Crippen LogP contribution in [0, 0.1) is 5.82 Å². The first-order valence-electron chi connectivity index (χ1n) is 13.4. The Balaban J connectivity index is 1.24. The van der Waals surface area contributed by atoms with Gasteiger partial charge < -0.3 is 21.1 Å². The zero-order chi connectivity index (χ0) is 30.2. The van der Waals surface area contributed by atoms with Gasteiger partial charge in [-0.3, -0.25) is 19.4 Å². The molecule has 5 aromatic rings. The van der Waals surface area contributed by atoms with Gasteiger partial charge in [0.05, 0.1) is 23.9 Å². The molecule has 43 heavy (non-hydrogen) atoms. The van der Waals surface area contributed by atoms with Gasteiger partial charge in [0.1, 0.15) is 30.7 Å². The Morgan fingerprint density at radius 3 is 2.67 bits per heavy atom. The molecule has 0 bridgehead atoms. The minimum Gasteiger partial charge on any atom is -0.373 e. The van der Waals surface area contributed by atoms with Crippen LogP contribution in [0.15, 0.2) is 73.1 Å². The average Bonchev–Trinajstić information content (AvgIpc) is 3.74. The number of alkyl halides is 1. The molecular formula is C30H26ClF2N7O3. The first-order chi connectivity index (χ1) is 20.7. The Labute approximate surface area is 249 Å². The summed E-state index contributed by atoms with van der Waals surface area (Å²) < 4.78 is 31.5. The van der Waals surface area contributed by atoms with Gasteiger partial charge in [0.25, 0.3) is 0 Å². The summed E-state index contributed by atoms with van der Waals surface area (Å²) in [5, 5.41) is 24.6. The average molecular weight is 606 g/mol. The normalized spacial score (nSPS) is 17.4. The van der Waals surface area contributed by atoms with Gasteiger partial charge in [-0.25, -0.2) is 8.78 Å². The van der Waals surface area contributed by atoms with Gasteiger partial charge in [-0.1, -0.05) is 48.0 Å². The molecule has 1 aliphatic rings. The van der Waals surface area contributed by atoms with Crippen molar-refractivity contribution in [2.75, 3.05) is 11.9 Å². The lowest BCUT2D eigenvalue weighted by Gasteiger charge is -2.24. The molecule has 1 unspecified atom stereocenters. The number of amides is 2. The number of aliphatic hydroxyl groups is 1. The van der Waals surface area contributed by atoms with E-state index in [2.05, 4.69) is 20.6 Å². The van der Waals surface area contributed by atoms with Gasteiger partial charge in [0, 0.05) is 39.7 Å². The minimum absolute atomic E-state index is 0.120. The van der Waals surface area contributed by atoms with Crippen LogP contribution in [-0.2, 0) is 16.1 Å². The number of aromatic amines is 1. The van der Waals surface area contributed by atoms with Gasteiger partial charge in [-0.2, -0.15) is 10.2 Å². The summed E-state index contributed by atoms with van der Waals surface area (Å²) in [5.74, 6) is -2.01. The van der Waals surface area contributed by atoms with Crippen LogP contribution < -0.4 is 11.1 Å². The number of hydrogen-bond donors (Lipinski definition) is 4. The number of nitrogens with two attached hydrogens (primary N) is 1. The first-order valence-corrected chi connectivity index (χ1v) is 13.8. The van der Waals surface area contributed by atoms with Gasteiger partial charge in [0.15, 0.2) is 5.82 Å². The summed E-state index contributed by atoms with van der Waals surface area (Å²) in [6.45, 7) is -0.656. The molecule has 3 aromatic carbocycles. The molecule has 0 spiro atoms. The minimum atomic E-state index is -1.45. The fraction of sp³-hybridized carbons (Fsp3) is 0.200. The molecule has 1 fully saturated rings. The maximum atomic E-state index is 15.5. The van der Waals surface area contributed by atoms with Crippen LogP contribution in [0.2, 0.25) is 5.02 Å². The second-order valence-corrected chi connectivity index (χ2v) is 10.6. The number of aromatic nitrogens is 4. The van der Waals surface area contributed by atoms with Crippen molar-refractivity contribution in [3.05, 3.63) is 89.6 Å². The number of nitrogens with zero attached hydrogens (tertiary/aromatic N) is 4. The number of benzene rings is 3. The van der Waals surface area contributed by atoms with Crippen LogP contribution in [-0.4, -0.2) is 60.6 Å². The van der Waals surface area contributed by atoms with Gasteiger partial charge in [0.2, 0.25) is 11.8 Å². The number of rotatable bonds is 7. The molecular weight excluding hydrogens is 580 g/mol. The lowest BCUT2D eigenvalue weighted by molar-refractivity contribution is -0.137. The maximum absolute atomic E-state index is 15.5. The lowest BCUT2D eigenvalue weighted by atomic mass is 10.0. The third kappa shape index (κ3) is 5.47. The maximum Gasteiger partial charge on any atom is 0.247 e. The van der Waals surface area contributed by atoms with Crippen LogP contribution in [0.4, 0.5) is 14.5 Å². The quantitative estimate of drug-likeness (QED) is 0.202. The SMILES string of the molecule is NC(O)c1nn(CC(=O)N2C[C@H](F)C[C@H]2C(=O)Nc2cccc(-c3ccccc3Cl)c2F)c2ccc(-c3cn[nH]c3)cc12. The molecule has 13 heteroatoms. The Hall–Kier alpha value is -4.65. The molecule has 5 N–H and O–H groups in total. The monoisotopic (exact) mass is 605 g/mol.